The molecular weight excluding hydrogens is 304 g/mol. The highest BCUT2D eigenvalue weighted by Crippen LogP contribution is 2.26. The van der Waals surface area contributed by atoms with E-state index in [1.54, 1.807) is 6.07 Å². The second-order valence-electron chi connectivity index (χ2n) is 4.19. The normalized spacial score (nSPS) is 10.4. The van der Waals surface area contributed by atoms with E-state index in [0.717, 1.165) is 12.1 Å². The number of benzene rings is 2. The lowest BCUT2D eigenvalue weighted by Gasteiger charge is -2.11. The third-order valence-corrected chi connectivity index (χ3v) is 3.07. The maximum Gasteiger partial charge on any atom is 0.304 e. The van der Waals surface area contributed by atoms with Crippen LogP contribution < -0.4 is 4.74 Å². The first-order valence-corrected chi connectivity index (χ1v) is 6.45. The molecule has 4 nitrogen and oxygen atoms in total. The van der Waals surface area contributed by atoms with E-state index in [0.29, 0.717) is 11.1 Å². The zero-order valence-electron chi connectivity index (χ0n) is 10.7. The molecule has 0 fully saturated rings. The van der Waals surface area contributed by atoms with E-state index in [1.807, 2.05) is 0 Å². The number of ether oxygens (including phenoxy) is 1. The molecule has 0 aliphatic heterocycles. The highest BCUT2D eigenvalue weighted by molar-refractivity contribution is 6.17. The largest absolute Gasteiger partial charge is 0.485 e. The first-order chi connectivity index (χ1) is 10.0. The fourth-order valence-corrected chi connectivity index (χ4v) is 1.97. The van der Waals surface area contributed by atoms with Crippen molar-refractivity contribution in [3.05, 3.63) is 69.3 Å². The van der Waals surface area contributed by atoms with Gasteiger partial charge in [-0.25, -0.2) is 4.39 Å². The molecule has 0 N–H and O–H groups in total. The van der Waals surface area contributed by atoms with Crippen LogP contribution in [-0.2, 0) is 12.5 Å². The first kappa shape index (κ1) is 15.2. The molecule has 0 aliphatic rings. The van der Waals surface area contributed by atoms with E-state index in [-0.39, 0.29) is 18.2 Å². The lowest BCUT2D eigenvalue weighted by Crippen LogP contribution is -2.01. The topological polar surface area (TPSA) is 52.4 Å². The summed E-state index contributed by atoms with van der Waals surface area (Å²) in [5.41, 5.74) is 0.201. The molecule has 2 aromatic carbocycles. The van der Waals surface area contributed by atoms with Crippen LogP contribution in [0.1, 0.15) is 11.1 Å². The zero-order chi connectivity index (χ0) is 15.4. The van der Waals surface area contributed by atoms with Gasteiger partial charge in [0.1, 0.15) is 6.61 Å². The van der Waals surface area contributed by atoms with Gasteiger partial charge in [-0.2, -0.15) is 4.39 Å². The van der Waals surface area contributed by atoms with Gasteiger partial charge >= 0.3 is 5.69 Å². The van der Waals surface area contributed by atoms with Gasteiger partial charge in [-0.05, 0) is 23.8 Å². The number of rotatable bonds is 5. The molecule has 21 heavy (non-hydrogen) atoms. The standard InChI is InChI=1S/C14H10ClF2NO3/c15-7-10-2-1-3-11(16)14(10)21-8-9-4-5-13(18(19)20)12(17)6-9/h1-6H,7-8H2. The first-order valence-electron chi connectivity index (χ1n) is 5.92. The van der Waals surface area contributed by atoms with Crippen molar-refractivity contribution in [2.75, 3.05) is 0 Å². The molecule has 0 saturated carbocycles. The lowest BCUT2D eigenvalue weighted by molar-refractivity contribution is -0.387. The Labute approximate surface area is 124 Å². The molecule has 0 saturated heterocycles. The maximum absolute atomic E-state index is 13.6. The number of hydrogen-bond donors (Lipinski definition) is 0. The Morgan fingerprint density at radius 2 is 1.95 bits per heavy atom. The number of nitrogens with zero attached hydrogens (tertiary/aromatic N) is 1. The highest BCUT2D eigenvalue weighted by Gasteiger charge is 2.15. The van der Waals surface area contributed by atoms with Crippen molar-refractivity contribution in [2.24, 2.45) is 0 Å². The summed E-state index contributed by atoms with van der Waals surface area (Å²) in [6, 6.07) is 7.72. The second kappa shape index (κ2) is 6.49. The minimum Gasteiger partial charge on any atom is -0.485 e. The fourth-order valence-electron chi connectivity index (χ4n) is 1.76. The number of hydrogen-bond acceptors (Lipinski definition) is 3. The lowest BCUT2D eigenvalue weighted by atomic mass is 10.2. The molecule has 0 heterocycles. The van der Waals surface area contributed by atoms with E-state index in [2.05, 4.69) is 0 Å². The Bertz CT molecular complexity index is 679. The molecule has 0 spiro atoms. The van der Waals surface area contributed by atoms with Gasteiger partial charge in [0.15, 0.2) is 11.6 Å². The summed E-state index contributed by atoms with van der Waals surface area (Å²) in [6.07, 6.45) is 0. The summed E-state index contributed by atoms with van der Waals surface area (Å²) < 4.78 is 32.4. The van der Waals surface area contributed by atoms with E-state index >= 15 is 0 Å². The summed E-state index contributed by atoms with van der Waals surface area (Å²) in [7, 11) is 0. The average Bonchev–Trinajstić information content (AvgIpc) is 2.45. The van der Waals surface area contributed by atoms with Crippen molar-refractivity contribution < 1.29 is 18.4 Å². The summed E-state index contributed by atoms with van der Waals surface area (Å²) in [6.45, 7) is -0.125. The Kier molecular flexibility index (Phi) is 4.70. The number of nitro groups is 1. The predicted octanol–water partition coefficient (Wildman–Crippen LogP) is 4.19. The van der Waals surface area contributed by atoms with Crippen molar-refractivity contribution in [1.29, 1.82) is 0 Å². The predicted molar refractivity (Wildman–Crippen MR) is 73.3 cm³/mol. The molecule has 2 rings (SSSR count). The van der Waals surface area contributed by atoms with Crippen LogP contribution in [0, 0.1) is 21.7 Å². The highest BCUT2D eigenvalue weighted by atomic mass is 35.5. The van der Waals surface area contributed by atoms with E-state index in [1.165, 1.54) is 18.2 Å². The molecule has 0 unspecified atom stereocenters. The number of para-hydroxylation sites is 1. The quantitative estimate of drug-likeness (QED) is 0.472. The Balaban J connectivity index is 2.17. The molecule has 0 atom stereocenters. The monoisotopic (exact) mass is 313 g/mol. The van der Waals surface area contributed by atoms with Gasteiger partial charge in [0.25, 0.3) is 0 Å². The van der Waals surface area contributed by atoms with Gasteiger partial charge in [-0.15, -0.1) is 11.6 Å². The molecule has 7 heteroatoms. The van der Waals surface area contributed by atoms with Crippen LogP contribution in [0.25, 0.3) is 0 Å². The fraction of sp³-hybridized carbons (Fsp3) is 0.143. The van der Waals surface area contributed by atoms with Crippen LogP contribution in [0.2, 0.25) is 0 Å². The SMILES string of the molecule is O=[N+]([O-])c1ccc(COc2c(F)cccc2CCl)cc1F. The number of alkyl halides is 1. The zero-order valence-corrected chi connectivity index (χ0v) is 11.4. The third kappa shape index (κ3) is 3.46. The summed E-state index contributed by atoms with van der Waals surface area (Å²) in [5.74, 6) is -1.48. The summed E-state index contributed by atoms with van der Waals surface area (Å²) >= 11 is 5.69. The minimum absolute atomic E-state index is 0.00809. The van der Waals surface area contributed by atoms with Crippen LogP contribution in [0.3, 0.4) is 0 Å². The Morgan fingerprint density at radius 1 is 1.19 bits per heavy atom. The van der Waals surface area contributed by atoms with Crippen molar-refractivity contribution in [2.45, 2.75) is 12.5 Å². The third-order valence-electron chi connectivity index (χ3n) is 2.78. The molecule has 0 radical (unpaired) electrons. The molecule has 2 aromatic rings. The van der Waals surface area contributed by atoms with Gasteiger partial charge < -0.3 is 4.74 Å². The number of halogens is 3. The molecule has 0 aliphatic carbocycles. The minimum atomic E-state index is -0.966. The second-order valence-corrected chi connectivity index (χ2v) is 4.46. The van der Waals surface area contributed by atoms with Crippen molar-refractivity contribution in [1.82, 2.24) is 0 Å². The molecular formula is C14H10ClF2NO3. The molecule has 0 aromatic heterocycles. The number of nitro benzene ring substituents is 1. The molecule has 110 valence electrons. The molecule has 0 bridgehead atoms. The summed E-state index contributed by atoms with van der Waals surface area (Å²) in [4.78, 5) is 9.69. The van der Waals surface area contributed by atoms with Gasteiger partial charge in [0.2, 0.25) is 5.82 Å². The van der Waals surface area contributed by atoms with Gasteiger partial charge in [0.05, 0.1) is 10.8 Å². The van der Waals surface area contributed by atoms with Gasteiger partial charge in [-0.3, -0.25) is 10.1 Å². The maximum atomic E-state index is 13.6. The van der Waals surface area contributed by atoms with E-state index < -0.39 is 22.2 Å². The van der Waals surface area contributed by atoms with Gasteiger partial charge in [0, 0.05) is 11.6 Å². The Morgan fingerprint density at radius 3 is 2.57 bits per heavy atom. The van der Waals surface area contributed by atoms with Crippen molar-refractivity contribution in [3.63, 3.8) is 0 Å². The molecule has 0 amide bonds. The van der Waals surface area contributed by atoms with Crippen LogP contribution in [0.15, 0.2) is 36.4 Å². The van der Waals surface area contributed by atoms with Crippen LogP contribution in [-0.4, -0.2) is 4.92 Å². The van der Waals surface area contributed by atoms with Crippen molar-refractivity contribution in [3.8, 4) is 5.75 Å². The van der Waals surface area contributed by atoms with E-state index in [4.69, 9.17) is 16.3 Å². The Hall–Kier alpha value is -2.21. The van der Waals surface area contributed by atoms with Crippen LogP contribution in [0.4, 0.5) is 14.5 Å². The van der Waals surface area contributed by atoms with Crippen LogP contribution >= 0.6 is 11.6 Å². The average molecular weight is 314 g/mol. The summed E-state index contributed by atoms with van der Waals surface area (Å²) in [5, 5.41) is 10.5. The smallest absolute Gasteiger partial charge is 0.304 e. The van der Waals surface area contributed by atoms with Gasteiger partial charge in [-0.1, -0.05) is 12.1 Å². The van der Waals surface area contributed by atoms with Crippen LogP contribution in [0.5, 0.6) is 5.75 Å². The van der Waals surface area contributed by atoms with Crippen molar-refractivity contribution >= 4 is 17.3 Å². The van der Waals surface area contributed by atoms with E-state index in [9.17, 15) is 18.9 Å².